The molecule has 0 fully saturated rings. The van der Waals surface area contributed by atoms with Gasteiger partial charge in [0.05, 0.1) is 25.2 Å². The van der Waals surface area contributed by atoms with Crippen LogP contribution in [0.4, 0.5) is 11.4 Å². The van der Waals surface area contributed by atoms with Gasteiger partial charge in [-0.2, -0.15) is 0 Å². The molecule has 0 aliphatic carbocycles. The number of thioether (sulfide) groups is 1. The van der Waals surface area contributed by atoms with Gasteiger partial charge in [-0.15, -0.1) is 11.8 Å². The molecule has 3 amide bonds. The highest BCUT2D eigenvalue weighted by Gasteiger charge is 2.18. The number of halogens is 1. The Morgan fingerprint density at radius 3 is 2.26 bits per heavy atom. The highest BCUT2D eigenvalue weighted by atomic mass is 79.9. The fraction of sp³-hybridized carbons (Fsp3) is 0.121. The summed E-state index contributed by atoms with van der Waals surface area (Å²) < 4.78 is 11.4. The topological polar surface area (TPSA) is 106 Å². The first-order valence-electron chi connectivity index (χ1n) is 13.2. The van der Waals surface area contributed by atoms with Crippen molar-refractivity contribution in [2.24, 2.45) is 0 Å². The van der Waals surface area contributed by atoms with Gasteiger partial charge >= 0.3 is 0 Å². The Balaban J connectivity index is 1.43. The molecule has 1 unspecified atom stereocenters. The second-order valence-electron chi connectivity index (χ2n) is 9.23. The predicted molar refractivity (Wildman–Crippen MR) is 175 cm³/mol. The predicted octanol–water partition coefficient (Wildman–Crippen LogP) is 7.00. The normalized spacial score (nSPS) is 11.7. The minimum atomic E-state index is -0.482. The van der Waals surface area contributed by atoms with Crippen molar-refractivity contribution in [2.45, 2.75) is 17.1 Å². The second-order valence-corrected chi connectivity index (χ2v) is 11.6. The standard InChI is InChI=1S/C33H30BrN3O5S/c1-21(31(38)36-28-20-26(41-2)14-17-30(28)42-3)43-27-15-12-25(13-16-27)35-33(40)29(19-22-8-7-11-24(34)18-22)37-32(39)23-9-5-4-6-10-23/h4-21H,1-3H3,(H,35,40)(H,36,38)(H,37,39)/b29-19-. The molecule has 43 heavy (non-hydrogen) atoms. The number of rotatable bonds is 11. The third kappa shape index (κ3) is 8.97. The zero-order valence-electron chi connectivity index (χ0n) is 23.7. The monoisotopic (exact) mass is 659 g/mol. The summed E-state index contributed by atoms with van der Waals surface area (Å²) >= 11 is 4.80. The van der Waals surface area contributed by atoms with E-state index >= 15 is 0 Å². The maximum absolute atomic E-state index is 13.3. The van der Waals surface area contributed by atoms with Crippen LogP contribution in [0.25, 0.3) is 6.08 Å². The molecule has 0 aliphatic heterocycles. The van der Waals surface area contributed by atoms with Crippen LogP contribution < -0.4 is 25.4 Å². The summed E-state index contributed by atoms with van der Waals surface area (Å²) in [7, 11) is 3.09. The summed E-state index contributed by atoms with van der Waals surface area (Å²) in [4.78, 5) is 39.9. The molecule has 0 radical (unpaired) electrons. The fourth-order valence-electron chi connectivity index (χ4n) is 3.92. The van der Waals surface area contributed by atoms with E-state index in [1.54, 1.807) is 74.7 Å². The smallest absolute Gasteiger partial charge is 0.272 e. The van der Waals surface area contributed by atoms with Gasteiger partial charge in [-0.3, -0.25) is 14.4 Å². The van der Waals surface area contributed by atoms with Crippen LogP contribution in [0.2, 0.25) is 0 Å². The molecule has 0 spiro atoms. The van der Waals surface area contributed by atoms with Gasteiger partial charge in [-0.1, -0.05) is 46.3 Å². The summed E-state index contributed by atoms with van der Waals surface area (Å²) in [5, 5.41) is 8.05. The van der Waals surface area contributed by atoms with Crippen LogP contribution in [-0.2, 0) is 9.59 Å². The molecule has 0 bridgehead atoms. The number of amides is 3. The summed E-state index contributed by atoms with van der Waals surface area (Å²) in [5.41, 5.74) is 2.30. The molecular weight excluding hydrogens is 630 g/mol. The van der Waals surface area contributed by atoms with Crippen molar-refractivity contribution in [3.8, 4) is 11.5 Å². The molecule has 0 heterocycles. The van der Waals surface area contributed by atoms with Gasteiger partial charge in [0.2, 0.25) is 5.91 Å². The van der Waals surface area contributed by atoms with Crippen LogP contribution >= 0.6 is 27.7 Å². The molecular formula is C33H30BrN3O5S. The van der Waals surface area contributed by atoms with E-state index in [2.05, 4.69) is 31.9 Å². The maximum atomic E-state index is 13.3. The number of ether oxygens (including phenoxy) is 2. The van der Waals surface area contributed by atoms with Gasteiger partial charge in [0.25, 0.3) is 11.8 Å². The van der Waals surface area contributed by atoms with Crippen LogP contribution in [-0.4, -0.2) is 37.2 Å². The number of methoxy groups -OCH3 is 2. The summed E-state index contributed by atoms with van der Waals surface area (Å²) in [5.74, 6) is 0.0423. The average Bonchev–Trinajstić information content (AvgIpc) is 3.02. The first-order valence-corrected chi connectivity index (χ1v) is 14.9. The minimum Gasteiger partial charge on any atom is -0.497 e. The molecule has 220 valence electrons. The van der Waals surface area contributed by atoms with Gasteiger partial charge in [0.15, 0.2) is 0 Å². The lowest BCUT2D eigenvalue weighted by atomic mass is 10.1. The van der Waals surface area contributed by atoms with E-state index in [-0.39, 0.29) is 11.6 Å². The Morgan fingerprint density at radius 2 is 1.58 bits per heavy atom. The Morgan fingerprint density at radius 1 is 0.837 bits per heavy atom. The van der Waals surface area contributed by atoms with Crippen LogP contribution in [0.5, 0.6) is 11.5 Å². The van der Waals surface area contributed by atoms with E-state index in [0.717, 1.165) is 14.9 Å². The lowest BCUT2D eigenvalue weighted by Gasteiger charge is -2.15. The minimum absolute atomic E-state index is 0.0867. The summed E-state index contributed by atoms with van der Waals surface area (Å²) in [6.45, 7) is 1.80. The molecule has 8 nitrogen and oxygen atoms in total. The third-order valence-corrected chi connectivity index (χ3v) is 7.75. The second kappa shape index (κ2) is 15.1. The number of carbonyl (C=O) groups is 3. The van der Waals surface area contributed by atoms with Crippen molar-refractivity contribution < 1.29 is 23.9 Å². The largest absolute Gasteiger partial charge is 0.497 e. The van der Waals surface area contributed by atoms with Crippen molar-refractivity contribution in [3.05, 3.63) is 118 Å². The molecule has 0 saturated carbocycles. The zero-order chi connectivity index (χ0) is 30.8. The van der Waals surface area contributed by atoms with Gasteiger partial charge in [0, 0.05) is 26.7 Å². The Kier molecular flexibility index (Phi) is 11.0. The molecule has 1 atom stereocenters. The quantitative estimate of drug-likeness (QED) is 0.118. The number of nitrogens with one attached hydrogen (secondary N) is 3. The molecule has 4 aromatic rings. The number of hydrogen-bond acceptors (Lipinski definition) is 6. The molecule has 10 heteroatoms. The fourth-order valence-corrected chi connectivity index (χ4v) is 5.21. The molecule has 0 aliphatic rings. The number of anilines is 2. The van der Waals surface area contributed by atoms with E-state index in [1.165, 1.54) is 18.9 Å². The van der Waals surface area contributed by atoms with Crippen molar-refractivity contribution in [3.63, 3.8) is 0 Å². The first kappa shape index (κ1) is 31.4. The number of hydrogen-bond donors (Lipinski definition) is 3. The Hall–Kier alpha value is -4.54. The molecule has 0 aromatic heterocycles. The van der Waals surface area contributed by atoms with Gasteiger partial charge in [-0.05, 0) is 79.2 Å². The van der Waals surface area contributed by atoms with Crippen LogP contribution in [0.15, 0.2) is 112 Å². The lowest BCUT2D eigenvalue weighted by molar-refractivity contribution is -0.115. The summed E-state index contributed by atoms with van der Waals surface area (Å²) in [6, 6.07) is 28.4. The van der Waals surface area contributed by atoms with Gasteiger partial charge in [0.1, 0.15) is 17.2 Å². The van der Waals surface area contributed by atoms with Crippen molar-refractivity contribution in [1.29, 1.82) is 0 Å². The van der Waals surface area contributed by atoms with Crippen LogP contribution in [0.3, 0.4) is 0 Å². The highest BCUT2D eigenvalue weighted by molar-refractivity contribution is 9.10. The Labute approximate surface area is 263 Å². The van der Waals surface area contributed by atoms with Gasteiger partial charge < -0.3 is 25.4 Å². The van der Waals surface area contributed by atoms with Crippen molar-refractivity contribution in [1.82, 2.24) is 5.32 Å². The van der Waals surface area contributed by atoms with Crippen LogP contribution in [0, 0.1) is 0 Å². The SMILES string of the molecule is COc1ccc(OC)c(NC(=O)C(C)Sc2ccc(NC(=O)/C(=C/c3cccc(Br)c3)NC(=O)c3ccccc3)cc2)c1. The van der Waals surface area contributed by atoms with E-state index < -0.39 is 17.1 Å². The highest BCUT2D eigenvalue weighted by Crippen LogP contribution is 2.31. The van der Waals surface area contributed by atoms with Gasteiger partial charge in [-0.25, -0.2) is 0 Å². The number of benzene rings is 4. The lowest BCUT2D eigenvalue weighted by Crippen LogP contribution is -2.30. The third-order valence-electron chi connectivity index (χ3n) is 6.15. The van der Waals surface area contributed by atoms with Crippen molar-refractivity contribution >= 4 is 62.9 Å². The van der Waals surface area contributed by atoms with E-state index in [0.29, 0.717) is 28.4 Å². The zero-order valence-corrected chi connectivity index (χ0v) is 26.1. The maximum Gasteiger partial charge on any atom is 0.272 e. The molecule has 3 N–H and O–H groups in total. The first-order chi connectivity index (χ1) is 20.7. The van der Waals surface area contributed by atoms with E-state index in [9.17, 15) is 14.4 Å². The number of carbonyl (C=O) groups excluding carboxylic acids is 3. The average molecular weight is 661 g/mol. The summed E-state index contributed by atoms with van der Waals surface area (Å²) in [6.07, 6.45) is 1.61. The van der Waals surface area contributed by atoms with Crippen LogP contribution in [0.1, 0.15) is 22.8 Å². The van der Waals surface area contributed by atoms with E-state index in [1.807, 2.05) is 42.5 Å². The molecule has 4 aromatic carbocycles. The molecule has 0 saturated heterocycles. The Bertz CT molecular complexity index is 1630. The molecule has 4 rings (SSSR count). The van der Waals surface area contributed by atoms with Crippen molar-refractivity contribution in [2.75, 3.05) is 24.9 Å². The van der Waals surface area contributed by atoms with E-state index in [4.69, 9.17) is 9.47 Å².